The Balaban J connectivity index is 1.52. The molecule has 0 unspecified atom stereocenters. The third-order valence-electron chi connectivity index (χ3n) is 6.39. The molecule has 4 rings (SSSR count). The Morgan fingerprint density at radius 3 is 2.54 bits per heavy atom. The summed E-state index contributed by atoms with van der Waals surface area (Å²) < 4.78 is 10.7. The van der Waals surface area contributed by atoms with Gasteiger partial charge in [0.25, 0.3) is 11.9 Å². The first-order chi connectivity index (χ1) is 18.6. The van der Waals surface area contributed by atoms with Crippen LogP contribution in [0.2, 0.25) is 0 Å². The van der Waals surface area contributed by atoms with Crippen molar-refractivity contribution in [1.29, 1.82) is 0 Å². The predicted octanol–water partition coefficient (Wildman–Crippen LogP) is 4.04. The predicted molar refractivity (Wildman–Crippen MR) is 149 cm³/mol. The molecule has 0 fully saturated rings. The number of ether oxygens (including phenoxy) is 1. The van der Waals surface area contributed by atoms with Gasteiger partial charge < -0.3 is 24.7 Å². The standard InChI is InChI=1S/C29H31N5O5/c1-18-21(31-25(35)20-11-6-7-12-23(20)38-5)13-14-22-24(18)26(36)39-28(32-22)33-29(2,3)27(37)34(4)17-15-19-10-8-9-16-30-19/h6-14,16H,15,17H2,1-5H3,(H,31,35)(H,32,33). The van der Waals surface area contributed by atoms with Crippen molar-refractivity contribution in [2.24, 2.45) is 0 Å². The SMILES string of the molecule is COc1ccccc1C(=O)Nc1ccc2nc(NC(C)(C)C(=O)N(C)CCc3ccccn3)oc(=O)c2c1C. The lowest BCUT2D eigenvalue weighted by atomic mass is 10.0. The van der Waals surface area contributed by atoms with Gasteiger partial charge in [-0.25, -0.2) is 4.79 Å². The number of amides is 2. The van der Waals surface area contributed by atoms with E-state index in [0.29, 0.717) is 41.0 Å². The van der Waals surface area contributed by atoms with E-state index < -0.39 is 11.2 Å². The molecule has 0 saturated heterocycles. The minimum atomic E-state index is -1.10. The number of rotatable bonds is 9. The average molecular weight is 530 g/mol. The second kappa shape index (κ2) is 11.3. The van der Waals surface area contributed by atoms with Crippen molar-refractivity contribution in [3.8, 4) is 5.75 Å². The van der Waals surface area contributed by atoms with Crippen LogP contribution in [-0.4, -0.2) is 52.9 Å². The number of likely N-dealkylation sites (N-methyl/N-ethyl adjacent to an activating group) is 1. The highest BCUT2D eigenvalue weighted by atomic mass is 16.5. The van der Waals surface area contributed by atoms with E-state index in [2.05, 4.69) is 20.6 Å². The molecule has 202 valence electrons. The molecule has 0 saturated carbocycles. The van der Waals surface area contributed by atoms with Crippen LogP contribution in [0.5, 0.6) is 5.75 Å². The van der Waals surface area contributed by atoms with Gasteiger partial charge in [-0.05, 0) is 62.7 Å². The van der Waals surface area contributed by atoms with Crippen molar-refractivity contribution >= 4 is 34.4 Å². The zero-order valence-electron chi connectivity index (χ0n) is 22.6. The smallest absolute Gasteiger partial charge is 0.348 e. The number of pyridine rings is 1. The van der Waals surface area contributed by atoms with E-state index in [-0.39, 0.29) is 23.2 Å². The maximum Gasteiger partial charge on any atom is 0.348 e. The molecule has 2 aromatic heterocycles. The third-order valence-corrected chi connectivity index (χ3v) is 6.39. The van der Waals surface area contributed by atoms with Gasteiger partial charge in [0.2, 0.25) is 5.91 Å². The molecule has 0 spiro atoms. The molecule has 2 N–H and O–H groups in total. The highest BCUT2D eigenvalue weighted by Crippen LogP contribution is 2.26. The van der Waals surface area contributed by atoms with E-state index in [4.69, 9.17) is 9.15 Å². The Morgan fingerprint density at radius 1 is 1.08 bits per heavy atom. The largest absolute Gasteiger partial charge is 0.496 e. The Bertz CT molecular complexity index is 1570. The Kier molecular flexibility index (Phi) is 7.94. The first-order valence-electron chi connectivity index (χ1n) is 12.4. The zero-order valence-corrected chi connectivity index (χ0v) is 22.6. The number of para-hydroxylation sites is 1. The topological polar surface area (TPSA) is 127 Å². The van der Waals surface area contributed by atoms with Crippen molar-refractivity contribution < 1.29 is 18.7 Å². The summed E-state index contributed by atoms with van der Waals surface area (Å²) in [7, 11) is 3.20. The van der Waals surface area contributed by atoms with Gasteiger partial charge in [-0.1, -0.05) is 18.2 Å². The first-order valence-corrected chi connectivity index (χ1v) is 12.4. The molecule has 4 aromatic rings. The minimum Gasteiger partial charge on any atom is -0.496 e. The normalized spacial score (nSPS) is 11.2. The van der Waals surface area contributed by atoms with E-state index in [9.17, 15) is 14.4 Å². The van der Waals surface area contributed by atoms with Gasteiger partial charge in [-0.3, -0.25) is 14.6 Å². The lowest BCUT2D eigenvalue weighted by Gasteiger charge is -2.30. The van der Waals surface area contributed by atoms with Gasteiger partial charge in [-0.15, -0.1) is 0 Å². The fraction of sp³-hybridized carbons (Fsp3) is 0.276. The molecule has 10 heteroatoms. The summed E-state index contributed by atoms with van der Waals surface area (Å²) in [5, 5.41) is 6.02. The number of hydrogen-bond acceptors (Lipinski definition) is 8. The van der Waals surface area contributed by atoms with E-state index in [1.54, 1.807) is 75.3 Å². The van der Waals surface area contributed by atoms with Crippen LogP contribution >= 0.6 is 0 Å². The molecule has 0 aliphatic carbocycles. The summed E-state index contributed by atoms with van der Waals surface area (Å²) in [5.74, 6) is -0.142. The number of hydrogen-bond donors (Lipinski definition) is 2. The molecule has 0 aliphatic rings. The number of benzene rings is 2. The van der Waals surface area contributed by atoms with E-state index in [0.717, 1.165) is 5.69 Å². The monoisotopic (exact) mass is 529 g/mol. The molecule has 2 heterocycles. The maximum absolute atomic E-state index is 13.1. The number of carbonyl (C=O) groups excluding carboxylic acids is 2. The van der Waals surface area contributed by atoms with Gasteiger partial charge >= 0.3 is 5.63 Å². The molecule has 0 bridgehead atoms. The number of fused-ring (bicyclic) bond motifs is 1. The van der Waals surface area contributed by atoms with Crippen LogP contribution < -0.4 is 21.0 Å². The lowest BCUT2D eigenvalue weighted by Crippen LogP contribution is -2.49. The Hall–Kier alpha value is -4.73. The number of anilines is 2. The number of carbonyl (C=O) groups is 2. The van der Waals surface area contributed by atoms with Crippen molar-refractivity contribution in [1.82, 2.24) is 14.9 Å². The number of aryl methyl sites for hydroxylation is 1. The third kappa shape index (κ3) is 6.06. The number of aromatic nitrogens is 2. The van der Waals surface area contributed by atoms with E-state index >= 15 is 0 Å². The van der Waals surface area contributed by atoms with Crippen molar-refractivity contribution in [2.75, 3.05) is 31.3 Å². The maximum atomic E-state index is 13.1. The van der Waals surface area contributed by atoms with Gasteiger partial charge in [0.15, 0.2) is 0 Å². The minimum absolute atomic E-state index is 0.0748. The van der Waals surface area contributed by atoms with Crippen LogP contribution in [0.3, 0.4) is 0 Å². The molecular formula is C29H31N5O5. The van der Waals surface area contributed by atoms with Crippen molar-refractivity contribution in [3.63, 3.8) is 0 Å². The first kappa shape index (κ1) is 27.3. The van der Waals surface area contributed by atoms with E-state index in [1.807, 2.05) is 18.2 Å². The lowest BCUT2D eigenvalue weighted by molar-refractivity contribution is -0.133. The second-order valence-corrected chi connectivity index (χ2v) is 9.64. The average Bonchev–Trinajstić information content (AvgIpc) is 2.92. The highest BCUT2D eigenvalue weighted by molar-refractivity contribution is 6.07. The second-order valence-electron chi connectivity index (χ2n) is 9.64. The van der Waals surface area contributed by atoms with Crippen molar-refractivity contribution in [2.45, 2.75) is 32.7 Å². The summed E-state index contributed by atoms with van der Waals surface area (Å²) >= 11 is 0. The molecule has 39 heavy (non-hydrogen) atoms. The van der Waals surface area contributed by atoms with Gasteiger partial charge in [0.05, 0.1) is 23.6 Å². The number of nitrogens with one attached hydrogen (secondary N) is 2. The van der Waals surface area contributed by atoms with Crippen LogP contribution in [-0.2, 0) is 11.2 Å². The molecule has 2 aromatic carbocycles. The van der Waals surface area contributed by atoms with Crippen molar-refractivity contribution in [3.05, 3.63) is 88.0 Å². The fourth-order valence-electron chi connectivity index (χ4n) is 4.26. The van der Waals surface area contributed by atoms with Gasteiger partial charge in [0.1, 0.15) is 11.3 Å². The number of methoxy groups -OCH3 is 1. The summed E-state index contributed by atoms with van der Waals surface area (Å²) in [6, 6.07) is 15.7. The Morgan fingerprint density at radius 2 is 1.82 bits per heavy atom. The molecule has 10 nitrogen and oxygen atoms in total. The summed E-state index contributed by atoms with van der Waals surface area (Å²) in [4.78, 5) is 49.3. The molecular weight excluding hydrogens is 498 g/mol. The molecule has 2 amide bonds. The van der Waals surface area contributed by atoms with Gasteiger partial charge in [-0.2, -0.15) is 4.98 Å². The molecule has 0 atom stereocenters. The van der Waals surface area contributed by atoms with Gasteiger partial charge in [0, 0.05) is 37.6 Å². The summed E-state index contributed by atoms with van der Waals surface area (Å²) in [6.45, 7) is 5.56. The highest BCUT2D eigenvalue weighted by Gasteiger charge is 2.32. The van der Waals surface area contributed by atoms with Crippen LogP contribution in [0.1, 0.15) is 35.5 Å². The molecule has 0 radical (unpaired) electrons. The van der Waals surface area contributed by atoms with Crippen LogP contribution in [0.15, 0.2) is 70.0 Å². The summed E-state index contributed by atoms with van der Waals surface area (Å²) in [5.41, 5.74) is 0.826. The summed E-state index contributed by atoms with van der Waals surface area (Å²) in [6.07, 6.45) is 2.33. The fourth-order valence-corrected chi connectivity index (χ4v) is 4.26. The van der Waals surface area contributed by atoms with Crippen LogP contribution in [0.25, 0.3) is 10.9 Å². The zero-order chi connectivity index (χ0) is 28.2. The Labute approximate surface area is 226 Å². The molecule has 0 aliphatic heterocycles. The van der Waals surface area contributed by atoms with Crippen LogP contribution in [0.4, 0.5) is 11.7 Å². The van der Waals surface area contributed by atoms with Crippen LogP contribution in [0, 0.1) is 6.92 Å². The number of nitrogens with zero attached hydrogens (tertiary/aromatic N) is 3. The quantitative estimate of drug-likeness (QED) is 0.333. The van der Waals surface area contributed by atoms with E-state index in [1.165, 1.54) is 7.11 Å².